The molecule has 0 saturated carbocycles. The van der Waals surface area contributed by atoms with Crippen molar-refractivity contribution in [1.82, 2.24) is 0 Å². The van der Waals surface area contributed by atoms with Gasteiger partial charge in [-0.2, -0.15) is 0 Å². The first-order valence-corrected chi connectivity index (χ1v) is 7.00. The van der Waals surface area contributed by atoms with Crippen molar-refractivity contribution in [2.45, 2.75) is 40.0 Å². The van der Waals surface area contributed by atoms with Crippen LogP contribution in [0.1, 0.15) is 50.4 Å². The van der Waals surface area contributed by atoms with E-state index in [1.807, 2.05) is 0 Å². The lowest BCUT2D eigenvalue weighted by atomic mass is 9.78. The highest BCUT2D eigenvalue weighted by atomic mass is 19.1. The molecule has 0 radical (unpaired) electrons. The fourth-order valence-corrected chi connectivity index (χ4v) is 2.62. The normalized spacial score (nSPS) is 18.4. The quantitative estimate of drug-likeness (QED) is 0.767. The van der Waals surface area contributed by atoms with Crippen LogP contribution in [0.5, 0.6) is 0 Å². The molecule has 0 bridgehead atoms. The molecule has 1 saturated heterocycles. The lowest BCUT2D eigenvalue weighted by Crippen LogP contribution is -2.38. The maximum absolute atomic E-state index is 14.1. The minimum atomic E-state index is -0.284. The van der Waals surface area contributed by atoms with Crippen LogP contribution in [0.25, 0.3) is 0 Å². The molecule has 0 atom stereocenters. The van der Waals surface area contributed by atoms with Crippen molar-refractivity contribution in [2.75, 3.05) is 18.0 Å². The molecular weight excluding hydrogens is 241 g/mol. The first kappa shape index (κ1) is 14.0. The lowest BCUT2D eigenvalue weighted by molar-refractivity contribution is 0.101. The van der Waals surface area contributed by atoms with E-state index in [9.17, 15) is 9.18 Å². The number of Topliss-reactive ketones (excluding diaryl/α,β-unsaturated/α-hetero) is 1. The Labute approximate surface area is 114 Å². The van der Waals surface area contributed by atoms with E-state index in [0.29, 0.717) is 16.7 Å². The van der Waals surface area contributed by atoms with Crippen LogP contribution < -0.4 is 4.90 Å². The van der Waals surface area contributed by atoms with Crippen LogP contribution in [0.4, 0.5) is 10.1 Å². The summed E-state index contributed by atoms with van der Waals surface area (Å²) in [5.41, 5.74) is 1.46. The molecule has 1 aromatic carbocycles. The topological polar surface area (TPSA) is 20.3 Å². The average Bonchev–Trinajstić information content (AvgIpc) is 2.40. The summed E-state index contributed by atoms with van der Waals surface area (Å²) in [7, 11) is 0. The molecule has 0 aromatic heterocycles. The maximum atomic E-state index is 14.1. The number of carbonyl (C=O) groups excluding carboxylic acids is 1. The third-order valence-corrected chi connectivity index (χ3v) is 4.52. The van der Waals surface area contributed by atoms with E-state index in [4.69, 9.17) is 0 Å². The standard InChI is InChI=1S/C16H22FNO/c1-4-16(3)7-9-18(10-8-16)15-6-5-13(12(2)19)11-14(15)17/h5-6,11H,4,7-10H2,1-3H3. The van der Waals surface area contributed by atoms with E-state index in [2.05, 4.69) is 18.7 Å². The first-order valence-electron chi connectivity index (χ1n) is 7.00. The van der Waals surface area contributed by atoms with Gasteiger partial charge in [-0.1, -0.05) is 20.3 Å². The summed E-state index contributed by atoms with van der Waals surface area (Å²) in [6, 6.07) is 4.81. The SMILES string of the molecule is CCC1(C)CCN(c2ccc(C(C)=O)cc2F)CC1. The number of ketones is 1. The summed E-state index contributed by atoms with van der Waals surface area (Å²) in [4.78, 5) is 13.3. The van der Waals surface area contributed by atoms with Gasteiger partial charge >= 0.3 is 0 Å². The Balaban J connectivity index is 2.14. The number of halogens is 1. The van der Waals surface area contributed by atoms with E-state index < -0.39 is 0 Å². The summed E-state index contributed by atoms with van der Waals surface area (Å²) in [6.45, 7) is 7.76. The van der Waals surface area contributed by atoms with Crippen LogP contribution >= 0.6 is 0 Å². The van der Waals surface area contributed by atoms with Crippen LogP contribution in [-0.2, 0) is 0 Å². The van der Waals surface area contributed by atoms with Crippen molar-refractivity contribution in [3.8, 4) is 0 Å². The molecule has 1 aliphatic rings. The summed E-state index contributed by atoms with van der Waals surface area (Å²) in [5, 5.41) is 0. The molecule has 0 spiro atoms. The highest BCUT2D eigenvalue weighted by molar-refractivity contribution is 5.94. The zero-order chi connectivity index (χ0) is 14.0. The van der Waals surface area contributed by atoms with Crippen molar-refractivity contribution in [3.05, 3.63) is 29.6 Å². The van der Waals surface area contributed by atoms with Gasteiger partial charge in [-0.3, -0.25) is 4.79 Å². The summed E-state index contributed by atoms with van der Waals surface area (Å²) < 4.78 is 14.1. The summed E-state index contributed by atoms with van der Waals surface area (Å²) >= 11 is 0. The second-order valence-corrected chi connectivity index (χ2v) is 5.87. The van der Waals surface area contributed by atoms with Crippen molar-refractivity contribution < 1.29 is 9.18 Å². The predicted molar refractivity (Wildman–Crippen MR) is 76.2 cm³/mol. The van der Waals surface area contributed by atoms with Gasteiger partial charge in [-0.25, -0.2) is 4.39 Å². The monoisotopic (exact) mass is 263 g/mol. The number of anilines is 1. The van der Waals surface area contributed by atoms with Gasteiger partial charge in [0, 0.05) is 18.7 Å². The van der Waals surface area contributed by atoms with Crippen LogP contribution in [-0.4, -0.2) is 18.9 Å². The third-order valence-electron chi connectivity index (χ3n) is 4.52. The van der Waals surface area contributed by atoms with Crippen molar-refractivity contribution in [3.63, 3.8) is 0 Å². The minimum Gasteiger partial charge on any atom is -0.369 e. The fourth-order valence-electron chi connectivity index (χ4n) is 2.62. The average molecular weight is 263 g/mol. The van der Waals surface area contributed by atoms with Gasteiger partial charge in [0.15, 0.2) is 5.78 Å². The molecule has 3 heteroatoms. The van der Waals surface area contributed by atoms with E-state index in [-0.39, 0.29) is 11.6 Å². The van der Waals surface area contributed by atoms with E-state index in [1.165, 1.54) is 19.4 Å². The maximum Gasteiger partial charge on any atom is 0.159 e. The predicted octanol–water partition coefficient (Wildman–Crippen LogP) is 4.04. The van der Waals surface area contributed by atoms with Gasteiger partial charge in [-0.05, 0) is 43.4 Å². The van der Waals surface area contributed by atoms with Crippen LogP contribution in [0.15, 0.2) is 18.2 Å². The van der Waals surface area contributed by atoms with Crippen molar-refractivity contribution in [2.24, 2.45) is 5.41 Å². The molecular formula is C16H22FNO. The zero-order valence-corrected chi connectivity index (χ0v) is 12.0. The van der Waals surface area contributed by atoms with Gasteiger partial charge < -0.3 is 4.90 Å². The van der Waals surface area contributed by atoms with Crippen molar-refractivity contribution in [1.29, 1.82) is 0 Å². The van der Waals surface area contributed by atoms with Gasteiger partial charge in [0.2, 0.25) is 0 Å². The number of hydrogen-bond donors (Lipinski definition) is 0. The second-order valence-electron chi connectivity index (χ2n) is 5.87. The molecule has 2 nitrogen and oxygen atoms in total. The molecule has 1 heterocycles. The third kappa shape index (κ3) is 2.96. The summed E-state index contributed by atoms with van der Waals surface area (Å²) in [6.07, 6.45) is 3.36. The molecule has 19 heavy (non-hydrogen) atoms. The Bertz CT molecular complexity index is 476. The number of hydrogen-bond acceptors (Lipinski definition) is 2. The van der Waals surface area contributed by atoms with Gasteiger partial charge in [0.25, 0.3) is 0 Å². The van der Waals surface area contributed by atoms with Gasteiger partial charge in [-0.15, -0.1) is 0 Å². The Kier molecular flexibility index (Phi) is 3.93. The van der Waals surface area contributed by atoms with Crippen LogP contribution in [0.2, 0.25) is 0 Å². The fraction of sp³-hybridized carbons (Fsp3) is 0.562. The first-order chi connectivity index (χ1) is 8.95. The van der Waals surface area contributed by atoms with Crippen molar-refractivity contribution >= 4 is 11.5 Å². The number of piperidine rings is 1. The smallest absolute Gasteiger partial charge is 0.159 e. The number of rotatable bonds is 3. The highest BCUT2D eigenvalue weighted by Gasteiger charge is 2.29. The molecule has 104 valence electrons. The molecule has 0 aliphatic carbocycles. The number of nitrogens with zero attached hydrogens (tertiary/aromatic N) is 1. The molecule has 0 unspecified atom stereocenters. The summed E-state index contributed by atoms with van der Waals surface area (Å²) in [5.74, 6) is -0.379. The van der Waals surface area contributed by atoms with Gasteiger partial charge in [0.05, 0.1) is 5.69 Å². The lowest BCUT2D eigenvalue weighted by Gasteiger charge is -2.40. The van der Waals surface area contributed by atoms with E-state index >= 15 is 0 Å². The highest BCUT2D eigenvalue weighted by Crippen LogP contribution is 2.36. The Morgan fingerprint density at radius 2 is 2.00 bits per heavy atom. The largest absolute Gasteiger partial charge is 0.369 e. The molecule has 2 rings (SSSR count). The second kappa shape index (κ2) is 5.32. The van der Waals surface area contributed by atoms with Crippen LogP contribution in [0, 0.1) is 11.2 Å². The van der Waals surface area contributed by atoms with Gasteiger partial charge in [0.1, 0.15) is 5.82 Å². The number of carbonyl (C=O) groups is 1. The molecule has 1 aliphatic heterocycles. The van der Waals surface area contributed by atoms with E-state index in [0.717, 1.165) is 25.9 Å². The molecule has 0 N–H and O–H groups in total. The molecule has 1 aromatic rings. The Morgan fingerprint density at radius 3 is 2.47 bits per heavy atom. The number of benzene rings is 1. The minimum absolute atomic E-state index is 0.0948. The van der Waals surface area contributed by atoms with E-state index in [1.54, 1.807) is 12.1 Å². The van der Waals surface area contributed by atoms with Crippen LogP contribution in [0.3, 0.4) is 0 Å². The Morgan fingerprint density at radius 1 is 1.37 bits per heavy atom. The zero-order valence-electron chi connectivity index (χ0n) is 12.0. The molecule has 0 amide bonds. The molecule has 1 fully saturated rings. The Hall–Kier alpha value is -1.38.